The molecule has 1 amide bonds. The number of rotatable bonds is 6. The molecule has 0 atom stereocenters. The van der Waals surface area contributed by atoms with Crippen LogP contribution in [0.15, 0.2) is 89.3 Å². The molecule has 0 bridgehead atoms. The van der Waals surface area contributed by atoms with E-state index in [0.29, 0.717) is 11.5 Å². The third-order valence-corrected chi connectivity index (χ3v) is 5.13. The van der Waals surface area contributed by atoms with Crippen LogP contribution in [0.3, 0.4) is 0 Å². The summed E-state index contributed by atoms with van der Waals surface area (Å²) in [4.78, 5) is 12.5. The van der Waals surface area contributed by atoms with Gasteiger partial charge in [0.05, 0.1) is 11.1 Å². The van der Waals surface area contributed by atoms with E-state index in [1.54, 1.807) is 12.3 Å². The maximum Gasteiger partial charge on any atom is 0.281 e. The van der Waals surface area contributed by atoms with Crippen LogP contribution in [-0.4, -0.2) is 12.1 Å². The Morgan fingerprint density at radius 1 is 1.00 bits per heavy atom. The lowest BCUT2D eigenvalue weighted by atomic mass is 10.1. The summed E-state index contributed by atoms with van der Waals surface area (Å²) in [5, 5.41) is 8.27. The molecule has 5 heteroatoms. The van der Waals surface area contributed by atoms with Gasteiger partial charge in [-0.1, -0.05) is 60.7 Å². The van der Waals surface area contributed by atoms with E-state index in [0.717, 1.165) is 16.9 Å². The lowest BCUT2D eigenvalue weighted by Gasteiger charge is -2.09. The van der Waals surface area contributed by atoms with E-state index in [2.05, 4.69) is 34.8 Å². The normalized spacial score (nSPS) is 11.0. The predicted octanol–water partition coefficient (Wildman–Crippen LogP) is 5.24. The summed E-state index contributed by atoms with van der Waals surface area (Å²) in [6, 6.07) is 25.7. The maximum absolute atomic E-state index is 11.9. The number of nitrogens with zero attached hydrogens (tertiary/aromatic N) is 1. The number of hydrazone groups is 1. The Morgan fingerprint density at radius 3 is 2.75 bits per heavy atom. The first kappa shape index (κ1) is 17.9. The van der Waals surface area contributed by atoms with E-state index >= 15 is 0 Å². The second-order valence-corrected chi connectivity index (χ2v) is 7.12. The van der Waals surface area contributed by atoms with Gasteiger partial charge in [-0.2, -0.15) is 5.10 Å². The second kappa shape index (κ2) is 8.50. The molecule has 4 nitrogen and oxygen atoms in total. The molecule has 0 aliphatic rings. The van der Waals surface area contributed by atoms with Gasteiger partial charge in [-0.25, -0.2) is 5.43 Å². The summed E-state index contributed by atoms with van der Waals surface area (Å²) in [6.45, 7) is 0.483. The van der Waals surface area contributed by atoms with Crippen LogP contribution in [0.25, 0.3) is 10.8 Å². The lowest BCUT2D eigenvalue weighted by Crippen LogP contribution is -2.16. The fourth-order valence-corrected chi connectivity index (χ4v) is 3.51. The van der Waals surface area contributed by atoms with Crippen LogP contribution in [0.1, 0.15) is 20.8 Å². The van der Waals surface area contributed by atoms with E-state index in [1.807, 2.05) is 53.9 Å². The van der Waals surface area contributed by atoms with E-state index in [-0.39, 0.29) is 5.91 Å². The summed E-state index contributed by atoms with van der Waals surface area (Å²) in [5.41, 5.74) is 4.52. The fourth-order valence-electron chi connectivity index (χ4n) is 2.89. The molecule has 4 aromatic rings. The monoisotopic (exact) mass is 386 g/mol. The number of nitrogens with one attached hydrogen (secondary N) is 1. The van der Waals surface area contributed by atoms with Gasteiger partial charge in [-0.05, 0) is 45.5 Å². The number of carbonyl (C=O) groups excluding carboxylic acids is 1. The van der Waals surface area contributed by atoms with Gasteiger partial charge in [0.25, 0.3) is 5.91 Å². The van der Waals surface area contributed by atoms with Gasteiger partial charge in [0.1, 0.15) is 12.4 Å². The number of hydrogen-bond acceptors (Lipinski definition) is 4. The molecule has 28 heavy (non-hydrogen) atoms. The van der Waals surface area contributed by atoms with Crippen LogP contribution in [0.5, 0.6) is 5.75 Å². The molecule has 1 N–H and O–H groups in total. The van der Waals surface area contributed by atoms with E-state index in [1.165, 1.54) is 22.1 Å². The molecule has 3 aromatic carbocycles. The third-order valence-electron chi connectivity index (χ3n) is 4.26. The smallest absolute Gasteiger partial charge is 0.281 e. The fraction of sp³-hybridized carbons (Fsp3) is 0.0435. The van der Waals surface area contributed by atoms with Crippen molar-refractivity contribution in [2.45, 2.75) is 6.61 Å². The molecule has 0 radical (unpaired) electrons. The van der Waals surface area contributed by atoms with Crippen molar-refractivity contribution in [2.75, 3.05) is 0 Å². The van der Waals surface area contributed by atoms with Gasteiger partial charge >= 0.3 is 0 Å². The van der Waals surface area contributed by atoms with Crippen molar-refractivity contribution in [3.05, 3.63) is 100 Å². The average Bonchev–Trinajstić information content (AvgIpc) is 3.27. The summed E-state index contributed by atoms with van der Waals surface area (Å²) < 4.78 is 5.98. The molecule has 0 saturated carbocycles. The largest absolute Gasteiger partial charge is 0.489 e. The first-order chi connectivity index (χ1) is 13.8. The molecule has 1 aromatic heterocycles. The average molecular weight is 386 g/mol. The van der Waals surface area contributed by atoms with Gasteiger partial charge in [-0.15, -0.1) is 11.3 Å². The van der Waals surface area contributed by atoms with Crippen LogP contribution < -0.4 is 10.2 Å². The lowest BCUT2D eigenvalue weighted by molar-refractivity contribution is 0.0959. The Hall–Kier alpha value is -3.44. The standard InChI is InChI=1S/C23H18N2O2S/c26-23(22-12-5-13-28-22)25-24-15-17-6-3-10-20(14-17)27-16-19-9-4-8-18-7-1-2-11-21(18)19/h1-15H,16H2,(H,25,26)/b24-15-. The first-order valence-electron chi connectivity index (χ1n) is 8.86. The topological polar surface area (TPSA) is 50.7 Å². The predicted molar refractivity (Wildman–Crippen MR) is 114 cm³/mol. The van der Waals surface area contributed by atoms with E-state index in [4.69, 9.17) is 4.74 Å². The molecular formula is C23H18N2O2S. The number of amides is 1. The second-order valence-electron chi connectivity index (χ2n) is 6.18. The first-order valence-corrected chi connectivity index (χ1v) is 9.74. The minimum Gasteiger partial charge on any atom is -0.489 e. The Balaban J connectivity index is 1.41. The molecule has 0 aliphatic heterocycles. The molecule has 0 saturated heterocycles. The summed E-state index contributed by atoms with van der Waals surface area (Å²) in [6.07, 6.45) is 1.61. The van der Waals surface area contributed by atoms with E-state index in [9.17, 15) is 4.79 Å². The number of ether oxygens (including phenoxy) is 1. The summed E-state index contributed by atoms with van der Waals surface area (Å²) >= 11 is 1.38. The highest BCUT2D eigenvalue weighted by atomic mass is 32.1. The van der Waals surface area contributed by atoms with Crippen molar-refractivity contribution in [3.8, 4) is 5.75 Å². The molecule has 0 fully saturated rings. The van der Waals surface area contributed by atoms with Crippen molar-refractivity contribution in [2.24, 2.45) is 5.10 Å². The molecule has 0 spiro atoms. The molecule has 0 unspecified atom stereocenters. The van der Waals surface area contributed by atoms with Gasteiger partial charge in [-0.3, -0.25) is 4.79 Å². The van der Waals surface area contributed by atoms with Gasteiger partial charge in [0.2, 0.25) is 0 Å². The highest BCUT2D eigenvalue weighted by Gasteiger charge is 2.04. The van der Waals surface area contributed by atoms with Crippen LogP contribution in [0.4, 0.5) is 0 Å². The van der Waals surface area contributed by atoms with Gasteiger partial charge in [0.15, 0.2) is 0 Å². The van der Waals surface area contributed by atoms with Crippen molar-refractivity contribution >= 4 is 34.2 Å². The van der Waals surface area contributed by atoms with Crippen molar-refractivity contribution in [1.29, 1.82) is 0 Å². The van der Waals surface area contributed by atoms with Crippen molar-refractivity contribution in [3.63, 3.8) is 0 Å². The van der Waals surface area contributed by atoms with Crippen LogP contribution in [0, 0.1) is 0 Å². The zero-order valence-electron chi connectivity index (χ0n) is 15.0. The quantitative estimate of drug-likeness (QED) is 0.364. The number of carbonyl (C=O) groups is 1. The zero-order chi connectivity index (χ0) is 19.2. The molecule has 1 heterocycles. The number of fused-ring (bicyclic) bond motifs is 1. The summed E-state index contributed by atoms with van der Waals surface area (Å²) in [5.74, 6) is 0.538. The minimum atomic E-state index is -0.213. The Kier molecular flexibility index (Phi) is 5.45. The Labute approximate surface area is 167 Å². The van der Waals surface area contributed by atoms with Crippen LogP contribution >= 0.6 is 11.3 Å². The number of thiophene rings is 1. The number of hydrogen-bond donors (Lipinski definition) is 1. The molecule has 0 aliphatic carbocycles. The minimum absolute atomic E-state index is 0.213. The van der Waals surface area contributed by atoms with Crippen LogP contribution in [-0.2, 0) is 6.61 Å². The summed E-state index contributed by atoms with van der Waals surface area (Å²) in [7, 11) is 0. The molecule has 138 valence electrons. The van der Waals surface area contributed by atoms with Gasteiger partial charge in [0, 0.05) is 0 Å². The van der Waals surface area contributed by atoms with Crippen LogP contribution in [0.2, 0.25) is 0 Å². The van der Waals surface area contributed by atoms with Crippen molar-refractivity contribution < 1.29 is 9.53 Å². The van der Waals surface area contributed by atoms with Gasteiger partial charge < -0.3 is 4.74 Å². The Bertz CT molecular complexity index is 1120. The maximum atomic E-state index is 11.9. The Morgan fingerprint density at radius 2 is 1.86 bits per heavy atom. The number of benzene rings is 3. The SMILES string of the molecule is O=C(N/N=C\c1cccc(OCc2cccc3ccccc23)c1)c1cccs1. The molecular weight excluding hydrogens is 368 g/mol. The molecule has 4 rings (SSSR count). The third kappa shape index (κ3) is 4.27. The van der Waals surface area contributed by atoms with E-state index < -0.39 is 0 Å². The highest BCUT2D eigenvalue weighted by molar-refractivity contribution is 7.12. The highest BCUT2D eigenvalue weighted by Crippen LogP contribution is 2.21. The van der Waals surface area contributed by atoms with Crippen molar-refractivity contribution in [1.82, 2.24) is 5.43 Å². The zero-order valence-corrected chi connectivity index (χ0v) is 15.9.